The number of hydrogen-bond acceptors (Lipinski definition) is 3. The van der Waals surface area contributed by atoms with E-state index < -0.39 is 16.2 Å². The van der Waals surface area contributed by atoms with Gasteiger partial charge in [0.15, 0.2) is 0 Å². The van der Waals surface area contributed by atoms with Crippen molar-refractivity contribution >= 4 is 16.2 Å². The fourth-order valence-corrected chi connectivity index (χ4v) is 5.25. The normalized spacial score (nSPS) is 25.5. The van der Waals surface area contributed by atoms with Crippen LogP contribution in [0.3, 0.4) is 0 Å². The fourth-order valence-electron chi connectivity index (χ4n) is 3.59. The summed E-state index contributed by atoms with van der Waals surface area (Å²) in [4.78, 5) is 10.6. The van der Waals surface area contributed by atoms with Gasteiger partial charge in [-0.05, 0) is 31.6 Å². The molecule has 21 heavy (non-hydrogen) atoms. The molecule has 7 heteroatoms. The second-order valence-corrected chi connectivity index (χ2v) is 8.18. The van der Waals surface area contributed by atoms with Crippen LogP contribution in [0.25, 0.3) is 0 Å². The van der Waals surface area contributed by atoms with Crippen molar-refractivity contribution in [3.05, 3.63) is 0 Å². The van der Waals surface area contributed by atoms with Crippen LogP contribution in [0.15, 0.2) is 0 Å². The molecule has 1 heterocycles. The molecular weight excluding hydrogens is 292 g/mol. The molecule has 1 N–H and O–H groups in total. The third kappa shape index (κ3) is 3.96. The summed E-state index contributed by atoms with van der Waals surface area (Å²) in [5.74, 6) is -0.494. The van der Waals surface area contributed by atoms with Crippen LogP contribution in [-0.4, -0.2) is 54.3 Å². The molecule has 1 saturated carbocycles. The van der Waals surface area contributed by atoms with Crippen LogP contribution in [0.5, 0.6) is 0 Å². The third-order valence-electron chi connectivity index (χ3n) is 4.77. The molecule has 1 aliphatic carbocycles. The largest absolute Gasteiger partial charge is 0.481 e. The molecule has 0 spiro atoms. The minimum absolute atomic E-state index is 0.0333. The first-order chi connectivity index (χ1) is 9.93. The molecule has 1 unspecified atom stereocenters. The highest BCUT2D eigenvalue weighted by molar-refractivity contribution is 7.86. The van der Waals surface area contributed by atoms with E-state index in [2.05, 4.69) is 0 Å². The number of rotatable bonds is 6. The predicted octanol–water partition coefficient (Wildman–Crippen LogP) is 1.68. The Morgan fingerprint density at radius 2 is 1.86 bits per heavy atom. The van der Waals surface area contributed by atoms with Gasteiger partial charge in [0, 0.05) is 26.2 Å². The molecule has 6 nitrogen and oxygen atoms in total. The number of carboxylic acid groups (broad SMARTS) is 1. The molecule has 0 aromatic carbocycles. The average Bonchev–Trinajstić information content (AvgIpc) is 2.95. The van der Waals surface area contributed by atoms with Gasteiger partial charge in [0.2, 0.25) is 0 Å². The highest BCUT2D eigenvalue weighted by atomic mass is 32.2. The molecule has 1 aliphatic heterocycles. The lowest BCUT2D eigenvalue weighted by atomic mass is 9.83. The molecule has 0 aromatic rings. The van der Waals surface area contributed by atoms with Crippen molar-refractivity contribution in [1.29, 1.82) is 0 Å². The maximum Gasteiger partial charge on any atom is 0.304 e. The number of nitrogens with zero attached hydrogens (tertiary/aromatic N) is 2. The second-order valence-electron chi connectivity index (χ2n) is 6.19. The van der Waals surface area contributed by atoms with Gasteiger partial charge in [0.1, 0.15) is 0 Å². The van der Waals surface area contributed by atoms with E-state index in [1.165, 1.54) is 30.6 Å². The van der Waals surface area contributed by atoms with Gasteiger partial charge in [0.05, 0.1) is 6.42 Å². The second kappa shape index (κ2) is 7.07. The van der Waals surface area contributed by atoms with E-state index in [1.54, 1.807) is 4.31 Å². The lowest BCUT2D eigenvalue weighted by molar-refractivity contribution is -0.137. The zero-order valence-electron chi connectivity index (χ0n) is 12.7. The summed E-state index contributed by atoms with van der Waals surface area (Å²) in [6, 6.07) is 0.113. The van der Waals surface area contributed by atoms with Gasteiger partial charge in [-0.2, -0.15) is 17.0 Å². The highest BCUT2D eigenvalue weighted by Crippen LogP contribution is 2.36. The molecular formula is C14H26N2O4S. The lowest BCUT2D eigenvalue weighted by Crippen LogP contribution is -2.47. The summed E-state index contributed by atoms with van der Waals surface area (Å²) < 4.78 is 28.1. The smallest absolute Gasteiger partial charge is 0.304 e. The Morgan fingerprint density at radius 3 is 2.48 bits per heavy atom. The summed E-state index contributed by atoms with van der Waals surface area (Å²) in [7, 11) is -2.05. The first kappa shape index (κ1) is 16.7. The van der Waals surface area contributed by atoms with Gasteiger partial charge in [-0.25, -0.2) is 0 Å². The van der Waals surface area contributed by atoms with E-state index in [1.807, 2.05) is 0 Å². The van der Waals surface area contributed by atoms with Crippen LogP contribution in [0.4, 0.5) is 0 Å². The summed E-state index contributed by atoms with van der Waals surface area (Å²) in [6.45, 7) is 0.604. The molecule has 122 valence electrons. The quantitative estimate of drug-likeness (QED) is 0.808. The van der Waals surface area contributed by atoms with Gasteiger partial charge in [-0.15, -0.1) is 0 Å². The number of carbonyl (C=O) groups is 1. The Kier molecular flexibility index (Phi) is 5.62. The summed E-state index contributed by atoms with van der Waals surface area (Å²) in [5.41, 5.74) is 0. The molecule has 1 saturated heterocycles. The van der Waals surface area contributed by atoms with Crippen LogP contribution >= 0.6 is 0 Å². The van der Waals surface area contributed by atoms with E-state index >= 15 is 0 Å². The lowest BCUT2D eigenvalue weighted by Gasteiger charge is -2.35. The topological polar surface area (TPSA) is 77.9 Å². The van der Waals surface area contributed by atoms with Crippen molar-refractivity contribution in [2.75, 3.05) is 20.1 Å². The Morgan fingerprint density at radius 1 is 1.19 bits per heavy atom. The number of aliphatic carboxylic acids is 1. The van der Waals surface area contributed by atoms with E-state index in [-0.39, 0.29) is 19.0 Å². The van der Waals surface area contributed by atoms with Gasteiger partial charge < -0.3 is 5.11 Å². The van der Waals surface area contributed by atoms with E-state index in [4.69, 9.17) is 5.11 Å². The van der Waals surface area contributed by atoms with Gasteiger partial charge in [-0.1, -0.05) is 19.3 Å². The third-order valence-corrected chi connectivity index (χ3v) is 6.79. The van der Waals surface area contributed by atoms with E-state index in [0.29, 0.717) is 12.5 Å². The van der Waals surface area contributed by atoms with E-state index in [0.717, 1.165) is 25.7 Å². The molecule has 2 rings (SSSR count). The standard InChI is InChI=1S/C14H26N2O4S/c1-15(11-9-14(17)18)21(19,20)16-10-5-8-13(16)12-6-3-2-4-7-12/h12-13H,2-11H2,1H3,(H,17,18). The van der Waals surface area contributed by atoms with Gasteiger partial charge >= 0.3 is 5.97 Å². The van der Waals surface area contributed by atoms with Crippen molar-refractivity contribution in [3.63, 3.8) is 0 Å². The Labute approximate surface area is 127 Å². The van der Waals surface area contributed by atoms with Crippen molar-refractivity contribution in [1.82, 2.24) is 8.61 Å². The monoisotopic (exact) mass is 318 g/mol. The first-order valence-corrected chi connectivity index (χ1v) is 9.27. The summed E-state index contributed by atoms with van der Waals surface area (Å²) in [5, 5.41) is 8.71. The van der Waals surface area contributed by atoms with Crippen LogP contribution < -0.4 is 0 Å². The molecule has 2 fully saturated rings. The zero-order valence-corrected chi connectivity index (χ0v) is 13.5. The number of carboxylic acids is 1. The Hall–Kier alpha value is -0.660. The zero-order chi connectivity index (χ0) is 15.5. The van der Waals surface area contributed by atoms with Crippen molar-refractivity contribution in [2.45, 2.75) is 57.4 Å². The minimum atomic E-state index is -3.53. The van der Waals surface area contributed by atoms with Crippen molar-refractivity contribution < 1.29 is 18.3 Å². The van der Waals surface area contributed by atoms with Crippen molar-refractivity contribution in [3.8, 4) is 0 Å². The molecule has 0 aromatic heterocycles. The SMILES string of the molecule is CN(CCC(=O)O)S(=O)(=O)N1CCCC1C1CCCCC1. The molecule has 1 atom stereocenters. The molecule has 0 bridgehead atoms. The van der Waals surface area contributed by atoms with Gasteiger partial charge in [-0.3, -0.25) is 4.79 Å². The maximum atomic E-state index is 12.7. The summed E-state index contributed by atoms with van der Waals surface area (Å²) in [6.07, 6.45) is 7.59. The molecule has 0 amide bonds. The summed E-state index contributed by atoms with van der Waals surface area (Å²) >= 11 is 0. The Balaban J connectivity index is 2.04. The highest BCUT2D eigenvalue weighted by Gasteiger charge is 2.40. The fraction of sp³-hybridized carbons (Fsp3) is 0.929. The minimum Gasteiger partial charge on any atom is -0.481 e. The maximum absolute atomic E-state index is 12.7. The first-order valence-electron chi connectivity index (χ1n) is 7.88. The molecule has 0 radical (unpaired) electrons. The molecule has 2 aliphatic rings. The van der Waals surface area contributed by atoms with Crippen LogP contribution in [0, 0.1) is 5.92 Å². The Bertz CT molecular complexity index is 460. The number of hydrogen-bond donors (Lipinski definition) is 1. The van der Waals surface area contributed by atoms with E-state index in [9.17, 15) is 13.2 Å². The predicted molar refractivity (Wildman–Crippen MR) is 80.1 cm³/mol. The van der Waals surface area contributed by atoms with Crippen LogP contribution in [0.2, 0.25) is 0 Å². The van der Waals surface area contributed by atoms with Crippen LogP contribution in [-0.2, 0) is 15.0 Å². The van der Waals surface area contributed by atoms with Crippen molar-refractivity contribution in [2.24, 2.45) is 5.92 Å². The average molecular weight is 318 g/mol. The van der Waals surface area contributed by atoms with Crippen LogP contribution in [0.1, 0.15) is 51.4 Å². The van der Waals surface area contributed by atoms with Gasteiger partial charge in [0.25, 0.3) is 10.2 Å².